The van der Waals surface area contributed by atoms with Gasteiger partial charge in [-0.25, -0.2) is 0 Å². The molecule has 2 fully saturated rings. The molecule has 2 bridgehead atoms. The Morgan fingerprint density at radius 3 is 2.15 bits per heavy atom. The molecule has 0 spiro atoms. The number of fused-ring (bicyclic) bond motifs is 2. The molecule has 2 aliphatic carbocycles. The highest BCUT2D eigenvalue weighted by atomic mass is 16.5. The van der Waals surface area contributed by atoms with Crippen molar-refractivity contribution in [1.29, 1.82) is 0 Å². The van der Waals surface area contributed by atoms with Crippen LogP contribution in [0.2, 0.25) is 0 Å². The number of para-hydroxylation sites is 1. The highest BCUT2D eigenvalue weighted by Crippen LogP contribution is 2.52. The van der Waals surface area contributed by atoms with Crippen molar-refractivity contribution in [3.63, 3.8) is 0 Å². The molecular weight excluding hydrogens is 330 g/mol. The molecule has 0 heterocycles. The molecule has 5 nitrogen and oxygen atoms in total. The Morgan fingerprint density at radius 1 is 0.885 bits per heavy atom. The summed E-state index contributed by atoms with van der Waals surface area (Å²) in [5.74, 6) is -0.226. The molecule has 1 amide bonds. The monoisotopic (exact) mass is 351 g/mol. The second kappa shape index (κ2) is 6.83. The zero-order valence-electron chi connectivity index (χ0n) is 14.3. The van der Waals surface area contributed by atoms with E-state index in [2.05, 4.69) is 5.32 Å². The Morgan fingerprint density at radius 2 is 1.50 bits per heavy atom. The normalized spacial score (nSPS) is 26.5. The van der Waals surface area contributed by atoms with Crippen LogP contribution in [0.25, 0.3) is 0 Å². The fraction of sp³-hybridized carbons (Fsp3) is 0.333. The fourth-order valence-electron chi connectivity index (χ4n) is 4.48. The second-order valence-electron chi connectivity index (χ2n) is 7.15. The van der Waals surface area contributed by atoms with E-state index in [1.165, 1.54) is 0 Å². The van der Waals surface area contributed by atoms with Crippen LogP contribution in [0.5, 0.6) is 11.5 Å². The molecule has 4 atom stereocenters. The number of carboxylic acid groups (broad SMARTS) is 1. The third kappa shape index (κ3) is 3.17. The van der Waals surface area contributed by atoms with Gasteiger partial charge in [0.25, 0.3) is 0 Å². The van der Waals surface area contributed by atoms with Gasteiger partial charge in [-0.15, -0.1) is 0 Å². The van der Waals surface area contributed by atoms with Gasteiger partial charge in [-0.2, -0.15) is 0 Å². The minimum absolute atomic E-state index is 0.148. The Kier molecular flexibility index (Phi) is 4.37. The largest absolute Gasteiger partial charge is 0.481 e. The maximum absolute atomic E-state index is 12.7. The van der Waals surface area contributed by atoms with E-state index in [4.69, 9.17) is 4.74 Å². The Bertz CT molecular complexity index is 803. The topological polar surface area (TPSA) is 75.6 Å². The van der Waals surface area contributed by atoms with Gasteiger partial charge >= 0.3 is 5.97 Å². The average Bonchev–Trinajstić information content (AvgIpc) is 3.25. The van der Waals surface area contributed by atoms with Crippen LogP contribution in [-0.4, -0.2) is 17.0 Å². The number of ether oxygens (including phenoxy) is 1. The first-order valence-corrected chi connectivity index (χ1v) is 8.98. The number of rotatable bonds is 5. The first kappa shape index (κ1) is 16.6. The summed E-state index contributed by atoms with van der Waals surface area (Å²) in [5.41, 5.74) is 0.655. The van der Waals surface area contributed by atoms with Gasteiger partial charge in [0.2, 0.25) is 5.91 Å². The van der Waals surface area contributed by atoms with E-state index >= 15 is 0 Å². The first-order valence-electron chi connectivity index (χ1n) is 8.98. The van der Waals surface area contributed by atoms with Gasteiger partial charge in [0.1, 0.15) is 11.5 Å². The van der Waals surface area contributed by atoms with E-state index in [1.54, 1.807) is 24.3 Å². The van der Waals surface area contributed by atoms with E-state index in [1.807, 2.05) is 30.3 Å². The molecule has 2 aromatic carbocycles. The molecule has 2 aromatic rings. The van der Waals surface area contributed by atoms with Crippen molar-refractivity contribution in [1.82, 2.24) is 0 Å². The molecule has 26 heavy (non-hydrogen) atoms. The van der Waals surface area contributed by atoms with Gasteiger partial charge in [0.15, 0.2) is 0 Å². The third-order valence-electron chi connectivity index (χ3n) is 5.61. The number of aliphatic carboxylic acids is 1. The quantitative estimate of drug-likeness (QED) is 0.848. The summed E-state index contributed by atoms with van der Waals surface area (Å²) in [5, 5.41) is 12.4. The van der Waals surface area contributed by atoms with Gasteiger partial charge in [0.05, 0.1) is 11.8 Å². The number of hydrogen-bond acceptors (Lipinski definition) is 3. The summed E-state index contributed by atoms with van der Waals surface area (Å²) < 4.78 is 5.74. The second-order valence-corrected chi connectivity index (χ2v) is 7.15. The first-order chi connectivity index (χ1) is 12.6. The molecule has 134 valence electrons. The van der Waals surface area contributed by atoms with Crippen molar-refractivity contribution in [2.75, 3.05) is 5.32 Å². The average molecular weight is 351 g/mol. The number of carboxylic acids is 1. The SMILES string of the molecule is O=C(O)[C@@H]1[C@@H]2CC[C@@H](C2)[C@H]1C(=O)Nc1ccc(Oc2ccccc2)cc1. The van der Waals surface area contributed by atoms with Crippen molar-refractivity contribution in [3.05, 3.63) is 54.6 Å². The van der Waals surface area contributed by atoms with Crippen LogP contribution in [0.15, 0.2) is 54.6 Å². The molecule has 0 saturated heterocycles. The molecule has 0 aliphatic heterocycles. The molecular formula is C21H21NO4. The van der Waals surface area contributed by atoms with E-state index < -0.39 is 17.8 Å². The lowest BCUT2D eigenvalue weighted by Crippen LogP contribution is -2.37. The summed E-state index contributed by atoms with van der Waals surface area (Å²) in [7, 11) is 0. The summed E-state index contributed by atoms with van der Waals surface area (Å²) in [6, 6.07) is 16.6. The fourth-order valence-corrected chi connectivity index (χ4v) is 4.48. The summed E-state index contributed by atoms with van der Waals surface area (Å²) in [4.78, 5) is 24.3. The number of amides is 1. The molecule has 0 aromatic heterocycles. The lowest BCUT2D eigenvalue weighted by Gasteiger charge is -2.27. The van der Waals surface area contributed by atoms with Gasteiger partial charge in [-0.1, -0.05) is 18.2 Å². The van der Waals surface area contributed by atoms with Crippen LogP contribution >= 0.6 is 0 Å². The van der Waals surface area contributed by atoms with Crippen molar-refractivity contribution in [2.45, 2.75) is 19.3 Å². The van der Waals surface area contributed by atoms with Crippen molar-refractivity contribution in [2.24, 2.45) is 23.7 Å². The number of benzene rings is 2. The Labute approximate surface area is 152 Å². The minimum atomic E-state index is -0.844. The van der Waals surface area contributed by atoms with Crippen LogP contribution in [0, 0.1) is 23.7 Å². The molecule has 4 rings (SSSR count). The summed E-state index contributed by atoms with van der Waals surface area (Å²) >= 11 is 0. The van der Waals surface area contributed by atoms with Crippen LogP contribution in [0.4, 0.5) is 5.69 Å². The predicted molar refractivity (Wildman–Crippen MR) is 97.0 cm³/mol. The Hall–Kier alpha value is -2.82. The van der Waals surface area contributed by atoms with Crippen molar-refractivity contribution >= 4 is 17.6 Å². The number of hydrogen-bond donors (Lipinski definition) is 2. The van der Waals surface area contributed by atoms with Gasteiger partial charge in [-0.3, -0.25) is 9.59 Å². The molecule has 2 aliphatic rings. The van der Waals surface area contributed by atoms with Crippen molar-refractivity contribution < 1.29 is 19.4 Å². The molecule has 2 N–H and O–H groups in total. The standard InChI is InChI=1S/C21H21NO4/c23-20(18-13-6-7-14(12-13)19(18)21(24)25)22-15-8-10-17(11-9-15)26-16-4-2-1-3-5-16/h1-5,8-11,13-14,18-19H,6-7,12H2,(H,22,23)(H,24,25)/t13-,14+,18+,19+/m0/s1. The molecule has 0 radical (unpaired) electrons. The zero-order valence-corrected chi connectivity index (χ0v) is 14.3. The van der Waals surface area contributed by atoms with Gasteiger partial charge in [0, 0.05) is 5.69 Å². The van der Waals surface area contributed by atoms with E-state index in [0.29, 0.717) is 11.4 Å². The Balaban J connectivity index is 1.42. The van der Waals surface area contributed by atoms with E-state index in [0.717, 1.165) is 25.0 Å². The number of carbonyl (C=O) groups excluding carboxylic acids is 1. The van der Waals surface area contributed by atoms with Crippen molar-refractivity contribution in [3.8, 4) is 11.5 Å². The summed E-state index contributed by atoms with van der Waals surface area (Å²) in [6.45, 7) is 0. The van der Waals surface area contributed by atoms with Crippen LogP contribution in [0.1, 0.15) is 19.3 Å². The summed E-state index contributed by atoms with van der Waals surface area (Å²) in [6.07, 6.45) is 2.74. The number of anilines is 1. The van der Waals surface area contributed by atoms with Gasteiger partial charge in [-0.05, 0) is 67.5 Å². The minimum Gasteiger partial charge on any atom is -0.481 e. The van der Waals surface area contributed by atoms with Gasteiger partial charge < -0.3 is 15.2 Å². The highest BCUT2D eigenvalue weighted by Gasteiger charge is 2.53. The number of carbonyl (C=O) groups is 2. The maximum Gasteiger partial charge on any atom is 0.307 e. The van der Waals surface area contributed by atoms with E-state index in [9.17, 15) is 14.7 Å². The number of nitrogens with one attached hydrogen (secondary N) is 1. The molecule has 5 heteroatoms. The van der Waals surface area contributed by atoms with Crippen LogP contribution in [-0.2, 0) is 9.59 Å². The van der Waals surface area contributed by atoms with Crippen LogP contribution < -0.4 is 10.1 Å². The smallest absolute Gasteiger partial charge is 0.307 e. The third-order valence-corrected chi connectivity index (χ3v) is 5.61. The lowest BCUT2D eigenvalue weighted by molar-refractivity contribution is -0.148. The van der Waals surface area contributed by atoms with E-state index in [-0.39, 0.29) is 17.7 Å². The lowest BCUT2D eigenvalue weighted by atomic mass is 9.78. The molecule has 0 unspecified atom stereocenters. The zero-order chi connectivity index (χ0) is 18.1. The highest BCUT2D eigenvalue weighted by molar-refractivity contribution is 5.96. The maximum atomic E-state index is 12.7. The molecule has 2 saturated carbocycles. The predicted octanol–water partition coefficient (Wildman–Crippen LogP) is 4.16. The van der Waals surface area contributed by atoms with Crippen LogP contribution in [0.3, 0.4) is 0 Å².